The minimum absolute atomic E-state index is 0.123. The lowest BCUT2D eigenvalue weighted by Crippen LogP contribution is -2.39. The van der Waals surface area contributed by atoms with E-state index >= 15 is 0 Å². The van der Waals surface area contributed by atoms with E-state index in [4.69, 9.17) is 15.0 Å². The summed E-state index contributed by atoms with van der Waals surface area (Å²) in [7, 11) is 1.59. The monoisotopic (exact) mass is 388 g/mol. The molecule has 1 aliphatic heterocycles. The Morgan fingerprint density at radius 2 is 2.03 bits per heavy atom. The van der Waals surface area contributed by atoms with Crippen LogP contribution >= 0.6 is 0 Å². The Bertz CT molecular complexity index is 1160. The van der Waals surface area contributed by atoms with Crippen LogP contribution in [0.5, 0.6) is 5.75 Å². The van der Waals surface area contributed by atoms with Crippen LogP contribution in [0.15, 0.2) is 36.9 Å². The average Bonchev–Trinajstić information content (AvgIpc) is 3.22. The second kappa shape index (κ2) is 6.71. The van der Waals surface area contributed by atoms with Crippen molar-refractivity contribution in [1.82, 2.24) is 19.7 Å². The molecule has 1 aliphatic rings. The summed E-state index contributed by atoms with van der Waals surface area (Å²) in [4.78, 5) is 24.0. The highest BCUT2D eigenvalue weighted by molar-refractivity contribution is 6.12. The fraction of sp³-hybridized carbons (Fsp3) is 0.286. The second-order valence-corrected chi connectivity index (χ2v) is 7.42. The predicted octanol–water partition coefficient (Wildman–Crippen LogP) is 3.08. The maximum atomic E-state index is 13.3. The van der Waals surface area contributed by atoms with Gasteiger partial charge in [-0.25, -0.2) is 4.98 Å². The molecule has 8 heteroatoms. The van der Waals surface area contributed by atoms with Crippen LogP contribution < -0.4 is 9.64 Å². The number of rotatable bonds is 4. The molecule has 0 aromatic carbocycles. The fourth-order valence-electron chi connectivity index (χ4n) is 3.74. The van der Waals surface area contributed by atoms with Crippen LogP contribution in [0.1, 0.15) is 35.5 Å². The number of carbonyl (C=O) groups is 1. The maximum Gasteiger partial charge on any atom is 0.261 e. The summed E-state index contributed by atoms with van der Waals surface area (Å²) < 4.78 is 6.78. The number of aryl methyl sites for hydroxylation is 1. The minimum Gasteiger partial charge on any atom is -0.495 e. The summed E-state index contributed by atoms with van der Waals surface area (Å²) in [5.74, 6) is 0.520. The molecule has 3 aromatic rings. The van der Waals surface area contributed by atoms with E-state index in [1.807, 2.05) is 39.0 Å². The van der Waals surface area contributed by atoms with Crippen molar-refractivity contribution in [2.75, 3.05) is 12.0 Å². The quantitative estimate of drug-likeness (QED) is 0.681. The zero-order chi connectivity index (χ0) is 20.8. The van der Waals surface area contributed by atoms with Gasteiger partial charge in [0.25, 0.3) is 5.91 Å². The van der Waals surface area contributed by atoms with E-state index < -0.39 is 5.54 Å². The smallest absolute Gasteiger partial charge is 0.261 e. The van der Waals surface area contributed by atoms with Crippen LogP contribution in [0, 0.1) is 18.3 Å². The number of amides is 1. The zero-order valence-corrected chi connectivity index (χ0v) is 16.7. The molecule has 0 aliphatic carbocycles. The van der Waals surface area contributed by atoms with Gasteiger partial charge in [-0.3, -0.25) is 19.4 Å². The third kappa shape index (κ3) is 2.91. The van der Waals surface area contributed by atoms with E-state index in [-0.39, 0.29) is 12.5 Å². The summed E-state index contributed by atoms with van der Waals surface area (Å²) >= 11 is 0. The number of nitrogens with zero attached hydrogens (tertiary/aromatic N) is 6. The molecule has 29 heavy (non-hydrogen) atoms. The van der Waals surface area contributed by atoms with Crippen molar-refractivity contribution in [3.05, 3.63) is 53.7 Å². The van der Waals surface area contributed by atoms with Gasteiger partial charge in [-0.15, -0.1) is 0 Å². The van der Waals surface area contributed by atoms with E-state index in [0.717, 1.165) is 16.8 Å². The summed E-state index contributed by atoms with van der Waals surface area (Å²) in [6.45, 7) is 5.95. The number of methoxy groups -OCH3 is 1. The lowest BCUT2D eigenvalue weighted by atomic mass is 9.96. The van der Waals surface area contributed by atoms with E-state index in [1.54, 1.807) is 36.8 Å². The maximum absolute atomic E-state index is 13.3. The highest BCUT2D eigenvalue weighted by atomic mass is 16.5. The molecule has 0 atom stereocenters. The molecular formula is C21H20N6O2. The van der Waals surface area contributed by atoms with Gasteiger partial charge in [0.2, 0.25) is 0 Å². The number of pyridine rings is 2. The van der Waals surface area contributed by atoms with Crippen molar-refractivity contribution in [2.24, 2.45) is 0 Å². The van der Waals surface area contributed by atoms with Gasteiger partial charge in [-0.05, 0) is 38.5 Å². The Hall–Kier alpha value is -3.73. The predicted molar refractivity (Wildman–Crippen MR) is 106 cm³/mol. The molecule has 0 spiro atoms. The van der Waals surface area contributed by atoms with Crippen LogP contribution in [-0.2, 0) is 12.1 Å². The van der Waals surface area contributed by atoms with Crippen LogP contribution in [0.3, 0.4) is 0 Å². The van der Waals surface area contributed by atoms with Crippen molar-refractivity contribution >= 4 is 11.6 Å². The second-order valence-electron chi connectivity index (χ2n) is 7.42. The molecule has 146 valence electrons. The van der Waals surface area contributed by atoms with Crippen molar-refractivity contribution in [3.8, 4) is 23.1 Å². The molecule has 0 saturated heterocycles. The Kier molecular flexibility index (Phi) is 4.31. The number of hydrogen-bond donors (Lipinski definition) is 0. The molecule has 0 radical (unpaired) electrons. The van der Waals surface area contributed by atoms with Gasteiger partial charge in [0.15, 0.2) is 0 Å². The van der Waals surface area contributed by atoms with Crippen molar-refractivity contribution < 1.29 is 9.53 Å². The lowest BCUT2D eigenvalue weighted by Gasteiger charge is -2.30. The minimum atomic E-state index is -0.681. The van der Waals surface area contributed by atoms with Gasteiger partial charge in [-0.1, -0.05) is 0 Å². The Morgan fingerprint density at radius 1 is 1.24 bits per heavy atom. The average molecular weight is 388 g/mol. The third-order valence-electron chi connectivity index (χ3n) is 5.13. The van der Waals surface area contributed by atoms with E-state index in [0.29, 0.717) is 22.7 Å². The van der Waals surface area contributed by atoms with Gasteiger partial charge in [0, 0.05) is 18.0 Å². The first-order valence-corrected chi connectivity index (χ1v) is 9.12. The highest BCUT2D eigenvalue weighted by Crippen LogP contribution is 2.43. The number of ether oxygens (including phenoxy) is 1. The molecule has 4 heterocycles. The van der Waals surface area contributed by atoms with Crippen LogP contribution in [0.2, 0.25) is 0 Å². The first kappa shape index (κ1) is 18.6. The van der Waals surface area contributed by atoms with Gasteiger partial charge in [0.05, 0.1) is 53.8 Å². The van der Waals surface area contributed by atoms with Crippen LogP contribution in [0.25, 0.3) is 11.3 Å². The van der Waals surface area contributed by atoms with E-state index in [2.05, 4.69) is 10.1 Å². The zero-order valence-electron chi connectivity index (χ0n) is 16.7. The molecule has 0 N–H and O–H groups in total. The number of aromatic nitrogens is 4. The van der Waals surface area contributed by atoms with Gasteiger partial charge in [-0.2, -0.15) is 10.4 Å². The van der Waals surface area contributed by atoms with Gasteiger partial charge in [0.1, 0.15) is 12.3 Å². The van der Waals surface area contributed by atoms with Crippen molar-refractivity contribution in [3.63, 3.8) is 0 Å². The fourth-order valence-corrected chi connectivity index (χ4v) is 3.74. The van der Waals surface area contributed by atoms with Crippen LogP contribution in [-0.4, -0.2) is 32.8 Å². The molecule has 3 aromatic heterocycles. The van der Waals surface area contributed by atoms with Crippen molar-refractivity contribution in [1.29, 1.82) is 5.26 Å². The molecule has 0 unspecified atom stereocenters. The number of hydrogen-bond acceptors (Lipinski definition) is 6. The van der Waals surface area contributed by atoms with Crippen molar-refractivity contribution in [2.45, 2.75) is 32.9 Å². The number of anilines is 1. The number of carbonyl (C=O) groups excluding carboxylic acids is 1. The lowest BCUT2D eigenvalue weighted by molar-refractivity contribution is 0.0981. The first-order valence-electron chi connectivity index (χ1n) is 9.12. The highest BCUT2D eigenvalue weighted by Gasteiger charge is 2.46. The third-order valence-corrected chi connectivity index (χ3v) is 5.13. The number of nitriles is 1. The summed E-state index contributed by atoms with van der Waals surface area (Å²) in [5, 5.41) is 13.1. The molecule has 0 fully saturated rings. The Morgan fingerprint density at radius 3 is 2.76 bits per heavy atom. The summed E-state index contributed by atoms with van der Waals surface area (Å²) in [6, 6.07) is 5.81. The normalized spacial score (nSPS) is 14.6. The molecule has 0 saturated carbocycles. The van der Waals surface area contributed by atoms with E-state index in [9.17, 15) is 4.79 Å². The van der Waals surface area contributed by atoms with Crippen LogP contribution in [0.4, 0.5) is 5.69 Å². The molecule has 0 bridgehead atoms. The first-order chi connectivity index (χ1) is 13.9. The van der Waals surface area contributed by atoms with E-state index in [1.165, 1.54) is 4.68 Å². The van der Waals surface area contributed by atoms with Gasteiger partial charge < -0.3 is 4.74 Å². The van der Waals surface area contributed by atoms with Gasteiger partial charge >= 0.3 is 0 Å². The molecule has 8 nitrogen and oxygen atoms in total. The number of fused-ring (bicyclic) bond motifs is 1. The standard InChI is InChI=1S/C21H20N6O2/c1-13-7-17(14-8-16(29-4)11-23-9-14)25-19-18(13)20(28)27(21(19,2)3)15-10-24-26(12-15)6-5-22/h7-12H,6H2,1-4H3. The molecular weight excluding hydrogens is 368 g/mol. The Labute approximate surface area is 168 Å². The topological polar surface area (TPSA) is 96.9 Å². The summed E-state index contributed by atoms with van der Waals surface area (Å²) in [6.07, 6.45) is 6.67. The largest absolute Gasteiger partial charge is 0.495 e. The Balaban J connectivity index is 1.82. The molecule has 1 amide bonds. The summed E-state index contributed by atoms with van der Waals surface area (Å²) in [5.41, 5.74) is 3.65. The molecule has 4 rings (SSSR count). The SMILES string of the molecule is COc1cncc(-c2cc(C)c3c(n2)C(C)(C)N(c2cnn(CC#N)c2)C3=O)c1.